The minimum atomic E-state index is -4.40. The summed E-state index contributed by atoms with van der Waals surface area (Å²) in [7, 11) is -4.40. The summed E-state index contributed by atoms with van der Waals surface area (Å²) < 4.78 is 22.0. The van der Waals surface area contributed by atoms with Gasteiger partial charge in [-0.05, 0) is 32.1 Å². The smallest absolute Gasteiger partial charge is 0.393 e. The Morgan fingerprint density at radius 3 is 1.63 bits per heavy atom. The maximum atomic E-state index is 12.8. The Morgan fingerprint density at radius 2 is 1.12 bits per heavy atom. The highest BCUT2D eigenvalue weighted by molar-refractivity contribution is 7.47. The molecule has 0 fully saturated rings. The van der Waals surface area contributed by atoms with Crippen LogP contribution in [0.2, 0.25) is 0 Å². The minimum Gasteiger partial charge on any atom is -0.393 e. The van der Waals surface area contributed by atoms with Crippen molar-refractivity contribution in [1.29, 1.82) is 0 Å². The van der Waals surface area contributed by atoms with Crippen molar-refractivity contribution in [3.63, 3.8) is 0 Å². The van der Waals surface area contributed by atoms with Crippen molar-refractivity contribution in [3.8, 4) is 0 Å². The molecule has 0 bridgehead atoms. The number of aliphatic hydroxyl groups is 2. The van der Waals surface area contributed by atoms with E-state index in [9.17, 15) is 24.5 Å². The molecule has 0 rings (SSSR count). The zero-order valence-corrected chi connectivity index (χ0v) is 33.9. The lowest BCUT2D eigenvalue weighted by molar-refractivity contribution is -0.124. The molecule has 0 aromatic carbocycles. The summed E-state index contributed by atoms with van der Waals surface area (Å²) in [5.74, 6) is -0.455. The van der Waals surface area contributed by atoms with Crippen LogP contribution < -0.4 is 11.1 Å². The molecule has 4 atom stereocenters. The summed E-state index contributed by atoms with van der Waals surface area (Å²) in [6.07, 6.45) is 38.4. The maximum absolute atomic E-state index is 12.8. The van der Waals surface area contributed by atoms with Gasteiger partial charge in [-0.15, -0.1) is 0 Å². The molecule has 302 valence electrons. The molecule has 0 saturated heterocycles. The van der Waals surface area contributed by atoms with Crippen LogP contribution in [-0.4, -0.2) is 59.0 Å². The number of carbonyl (C=O) groups is 1. The molecular weight excluding hydrogens is 663 g/mol. The van der Waals surface area contributed by atoms with Gasteiger partial charge in [0, 0.05) is 6.54 Å². The van der Waals surface area contributed by atoms with Crippen LogP contribution in [0.1, 0.15) is 194 Å². The normalized spacial score (nSPS) is 15.0. The summed E-state index contributed by atoms with van der Waals surface area (Å²) in [6.45, 7) is 3.93. The number of allylic oxidation sites excluding steroid dienone is 3. The summed E-state index contributed by atoms with van der Waals surface area (Å²) >= 11 is 0. The second-order valence-corrected chi connectivity index (χ2v) is 15.8. The van der Waals surface area contributed by atoms with Gasteiger partial charge < -0.3 is 26.2 Å². The van der Waals surface area contributed by atoms with Gasteiger partial charge in [0.25, 0.3) is 0 Å². The van der Waals surface area contributed by atoms with E-state index in [1.807, 2.05) is 6.08 Å². The lowest BCUT2D eigenvalue weighted by atomic mass is 10.0. The quantitative estimate of drug-likeness (QED) is 0.0237. The molecule has 1 amide bonds. The number of carbonyl (C=O) groups excluding carboxylic acids is 1. The molecular formula is C41H81N2O7P. The van der Waals surface area contributed by atoms with Crippen molar-refractivity contribution >= 4 is 13.7 Å². The van der Waals surface area contributed by atoms with Crippen LogP contribution in [-0.2, 0) is 18.4 Å². The zero-order valence-electron chi connectivity index (χ0n) is 33.0. The van der Waals surface area contributed by atoms with Gasteiger partial charge in [0.1, 0.15) is 0 Å². The first-order chi connectivity index (χ1) is 24.8. The molecule has 0 aliphatic rings. The molecule has 0 radical (unpaired) electrons. The fourth-order valence-corrected chi connectivity index (χ4v) is 6.89. The molecule has 9 nitrogen and oxygen atoms in total. The number of nitrogens with one attached hydrogen (secondary N) is 1. The van der Waals surface area contributed by atoms with Crippen LogP contribution in [0.4, 0.5) is 0 Å². The van der Waals surface area contributed by atoms with E-state index in [0.29, 0.717) is 12.8 Å². The van der Waals surface area contributed by atoms with Gasteiger partial charge in [0.15, 0.2) is 0 Å². The maximum Gasteiger partial charge on any atom is 0.472 e. The zero-order chi connectivity index (χ0) is 37.7. The van der Waals surface area contributed by atoms with Crippen molar-refractivity contribution in [1.82, 2.24) is 5.32 Å². The van der Waals surface area contributed by atoms with Gasteiger partial charge in [0.2, 0.25) is 5.91 Å². The van der Waals surface area contributed by atoms with Crippen molar-refractivity contribution in [2.75, 3.05) is 19.8 Å². The van der Waals surface area contributed by atoms with E-state index >= 15 is 0 Å². The molecule has 0 saturated carbocycles. The van der Waals surface area contributed by atoms with E-state index in [-0.39, 0.29) is 19.6 Å². The van der Waals surface area contributed by atoms with E-state index in [2.05, 4.69) is 31.3 Å². The second-order valence-electron chi connectivity index (χ2n) is 14.4. The molecule has 10 heteroatoms. The Balaban J connectivity index is 4.28. The van der Waals surface area contributed by atoms with E-state index in [0.717, 1.165) is 32.1 Å². The molecule has 0 aromatic heterocycles. The fourth-order valence-electron chi connectivity index (χ4n) is 6.13. The van der Waals surface area contributed by atoms with E-state index < -0.39 is 38.6 Å². The van der Waals surface area contributed by atoms with Gasteiger partial charge in [-0.1, -0.05) is 179 Å². The monoisotopic (exact) mass is 745 g/mol. The van der Waals surface area contributed by atoms with Gasteiger partial charge in [-0.3, -0.25) is 13.8 Å². The number of phosphoric ester groups is 1. The van der Waals surface area contributed by atoms with Crippen LogP contribution in [0.15, 0.2) is 24.3 Å². The largest absolute Gasteiger partial charge is 0.472 e. The third-order valence-corrected chi connectivity index (χ3v) is 10.3. The van der Waals surface area contributed by atoms with E-state index in [4.69, 9.17) is 14.8 Å². The van der Waals surface area contributed by atoms with Crippen molar-refractivity contribution in [3.05, 3.63) is 24.3 Å². The Kier molecular flexibility index (Phi) is 36.5. The number of nitrogens with two attached hydrogens (primary N) is 1. The lowest BCUT2D eigenvalue weighted by Gasteiger charge is -2.24. The first-order valence-electron chi connectivity index (χ1n) is 21.0. The summed E-state index contributed by atoms with van der Waals surface area (Å²) in [5.41, 5.74) is 5.35. The number of rotatable bonds is 39. The molecule has 0 aliphatic carbocycles. The fraction of sp³-hybridized carbons (Fsp3) is 0.878. The average Bonchev–Trinajstić information content (AvgIpc) is 3.10. The predicted octanol–water partition coefficient (Wildman–Crippen LogP) is 10.4. The van der Waals surface area contributed by atoms with Crippen LogP contribution in [0.3, 0.4) is 0 Å². The van der Waals surface area contributed by atoms with Crippen molar-refractivity contribution < 1.29 is 33.5 Å². The number of aliphatic hydroxyl groups excluding tert-OH is 2. The van der Waals surface area contributed by atoms with E-state index in [1.54, 1.807) is 6.08 Å². The van der Waals surface area contributed by atoms with Crippen molar-refractivity contribution in [2.45, 2.75) is 212 Å². The Morgan fingerprint density at radius 1 is 0.667 bits per heavy atom. The van der Waals surface area contributed by atoms with Gasteiger partial charge in [-0.2, -0.15) is 0 Å². The second kappa shape index (κ2) is 37.3. The van der Waals surface area contributed by atoms with Crippen LogP contribution in [0.25, 0.3) is 0 Å². The SMILES string of the molecule is CCCCCCC/C=C/CC/C=C/C(O)C(COP(=O)(O)OCCN)NC(=O)CC(O)CCCCCCCCCCCCCCCCCCCC. The number of hydrogen-bond donors (Lipinski definition) is 5. The molecule has 0 aliphatic heterocycles. The number of hydrogen-bond acceptors (Lipinski definition) is 7. The average molecular weight is 745 g/mol. The Hall–Kier alpha value is -1.06. The van der Waals surface area contributed by atoms with Crippen LogP contribution in [0.5, 0.6) is 0 Å². The number of phosphoric acid groups is 1. The van der Waals surface area contributed by atoms with Crippen LogP contribution in [0, 0.1) is 0 Å². The minimum absolute atomic E-state index is 0.0457. The standard InChI is InChI=1S/C41H81N2O7P/c1-3-5-7-9-11-13-15-16-17-18-19-20-21-23-24-26-28-30-32-38(44)36-41(46)43-39(37-50-51(47,48)49-35-34-42)40(45)33-31-29-27-25-22-14-12-10-8-6-4-2/h22,25,31,33,38-40,44-45H,3-21,23-24,26-30,32,34-37,42H2,1-2H3,(H,43,46)(H,47,48)/b25-22+,33-31+. The van der Waals surface area contributed by atoms with Crippen molar-refractivity contribution in [2.24, 2.45) is 5.73 Å². The third-order valence-electron chi connectivity index (χ3n) is 9.33. The first-order valence-corrected chi connectivity index (χ1v) is 22.5. The molecule has 4 unspecified atom stereocenters. The Labute approximate surface area is 313 Å². The highest BCUT2D eigenvalue weighted by Gasteiger charge is 2.27. The third kappa shape index (κ3) is 35.7. The molecule has 6 N–H and O–H groups in total. The number of unbranched alkanes of at least 4 members (excludes halogenated alkanes) is 23. The van der Waals surface area contributed by atoms with E-state index in [1.165, 1.54) is 128 Å². The highest BCUT2D eigenvalue weighted by atomic mass is 31.2. The predicted molar refractivity (Wildman–Crippen MR) is 214 cm³/mol. The molecule has 0 heterocycles. The summed E-state index contributed by atoms with van der Waals surface area (Å²) in [4.78, 5) is 22.7. The highest BCUT2D eigenvalue weighted by Crippen LogP contribution is 2.43. The molecule has 0 aromatic rings. The van der Waals surface area contributed by atoms with Crippen LogP contribution >= 0.6 is 7.82 Å². The molecule has 51 heavy (non-hydrogen) atoms. The summed E-state index contributed by atoms with van der Waals surface area (Å²) in [5, 5.41) is 23.9. The topological polar surface area (TPSA) is 151 Å². The van der Waals surface area contributed by atoms with Gasteiger partial charge in [-0.25, -0.2) is 4.57 Å². The number of amides is 1. The Bertz CT molecular complexity index is 873. The molecule has 0 spiro atoms. The van der Waals surface area contributed by atoms with Gasteiger partial charge in [0.05, 0.1) is 37.9 Å². The summed E-state index contributed by atoms with van der Waals surface area (Å²) in [6, 6.07) is -0.994. The van der Waals surface area contributed by atoms with Gasteiger partial charge >= 0.3 is 7.82 Å². The first kappa shape index (κ1) is 49.9. The lowest BCUT2D eigenvalue weighted by Crippen LogP contribution is -2.46.